The van der Waals surface area contributed by atoms with E-state index in [0.717, 1.165) is 51.9 Å². The van der Waals surface area contributed by atoms with E-state index >= 15 is 0 Å². The molecule has 0 atom stereocenters. The van der Waals surface area contributed by atoms with E-state index in [2.05, 4.69) is 24.2 Å². The normalized spacial score (nSPS) is 10.9. The van der Waals surface area contributed by atoms with Gasteiger partial charge < -0.3 is 10.4 Å². The van der Waals surface area contributed by atoms with Gasteiger partial charge in [0.2, 0.25) is 0 Å². The van der Waals surface area contributed by atoms with Crippen molar-refractivity contribution in [2.24, 2.45) is 0 Å². The number of aryl methyl sites for hydroxylation is 1. The van der Waals surface area contributed by atoms with Crippen molar-refractivity contribution in [3.8, 4) is 11.4 Å². The number of benzene rings is 2. The van der Waals surface area contributed by atoms with Crippen molar-refractivity contribution in [2.45, 2.75) is 26.2 Å². The molecule has 5 nitrogen and oxygen atoms in total. The maximum absolute atomic E-state index is 11.2. The summed E-state index contributed by atoms with van der Waals surface area (Å²) >= 11 is 1.62. The van der Waals surface area contributed by atoms with E-state index in [1.165, 1.54) is 0 Å². The highest BCUT2D eigenvalue weighted by atomic mass is 32.1. The molecule has 0 radical (unpaired) electrons. The highest BCUT2D eigenvalue weighted by molar-refractivity contribution is 7.08. The van der Waals surface area contributed by atoms with Gasteiger partial charge in [-0.2, -0.15) is 11.3 Å². The van der Waals surface area contributed by atoms with Crippen molar-refractivity contribution in [3.63, 3.8) is 0 Å². The molecule has 4 aromatic rings. The molecule has 0 unspecified atom stereocenters. The van der Waals surface area contributed by atoms with Crippen LogP contribution < -0.4 is 5.32 Å². The highest BCUT2D eigenvalue weighted by Gasteiger charge is 2.15. The lowest BCUT2D eigenvalue weighted by molar-refractivity contribution is 0.0697. The first-order chi connectivity index (χ1) is 15.1. The molecule has 0 aliphatic carbocycles. The first-order valence-corrected chi connectivity index (χ1v) is 11.1. The zero-order valence-corrected chi connectivity index (χ0v) is 18.1. The summed E-state index contributed by atoms with van der Waals surface area (Å²) in [5.74, 6) is 0.566. The number of fused-ring (bicyclic) bond motifs is 1. The Hall–Kier alpha value is -3.51. The van der Waals surface area contributed by atoms with Crippen LogP contribution in [-0.4, -0.2) is 21.0 Å². The second-order valence-corrected chi connectivity index (χ2v) is 8.06. The van der Waals surface area contributed by atoms with Crippen LogP contribution in [0.5, 0.6) is 0 Å². The molecule has 6 heteroatoms. The first-order valence-electron chi connectivity index (χ1n) is 10.2. The predicted molar refractivity (Wildman–Crippen MR) is 127 cm³/mol. The lowest BCUT2D eigenvalue weighted by Crippen LogP contribution is -2.07. The van der Waals surface area contributed by atoms with E-state index in [9.17, 15) is 9.90 Å². The van der Waals surface area contributed by atoms with Crippen LogP contribution in [0.1, 0.15) is 35.0 Å². The number of rotatable bonds is 8. The third-order valence-electron chi connectivity index (χ3n) is 5.06. The Kier molecular flexibility index (Phi) is 6.09. The average molecular weight is 430 g/mol. The summed E-state index contributed by atoms with van der Waals surface area (Å²) in [6, 6.07) is 13.0. The number of hydrogen-bond acceptors (Lipinski definition) is 5. The fourth-order valence-electron chi connectivity index (χ4n) is 3.55. The van der Waals surface area contributed by atoms with Crippen molar-refractivity contribution < 1.29 is 9.90 Å². The van der Waals surface area contributed by atoms with Crippen LogP contribution in [0.25, 0.3) is 22.2 Å². The molecule has 0 spiro atoms. The zero-order valence-electron chi connectivity index (χ0n) is 17.3. The number of nitrogens with zero attached hydrogens (tertiary/aromatic N) is 2. The Balaban J connectivity index is 1.77. The highest BCUT2D eigenvalue weighted by Crippen LogP contribution is 2.29. The van der Waals surface area contributed by atoms with Gasteiger partial charge in [-0.05, 0) is 59.3 Å². The molecule has 0 amide bonds. The van der Waals surface area contributed by atoms with Crippen LogP contribution >= 0.6 is 11.3 Å². The minimum atomic E-state index is -0.927. The summed E-state index contributed by atoms with van der Waals surface area (Å²) in [6.07, 6.45) is 4.41. The molecule has 31 heavy (non-hydrogen) atoms. The van der Waals surface area contributed by atoms with E-state index in [4.69, 9.17) is 9.97 Å². The molecular formula is C25H23N3O2S. The van der Waals surface area contributed by atoms with Gasteiger partial charge in [-0.25, -0.2) is 14.8 Å². The molecule has 2 aromatic heterocycles. The molecule has 0 fully saturated rings. The largest absolute Gasteiger partial charge is 0.478 e. The van der Waals surface area contributed by atoms with Crippen LogP contribution in [0.4, 0.5) is 11.5 Å². The number of carboxylic acid groups (broad SMARTS) is 1. The summed E-state index contributed by atoms with van der Waals surface area (Å²) in [4.78, 5) is 20.9. The Bertz CT molecular complexity index is 1250. The van der Waals surface area contributed by atoms with Crippen LogP contribution in [0, 0.1) is 0 Å². The van der Waals surface area contributed by atoms with Gasteiger partial charge in [0.25, 0.3) is 0 Å². The van der Waals surface area contributed by atoms with Gasteiger partial charge in [-0.3, -0.25) is 0 Å². The van der Waals surface area contributed by atoms with E-state index in [1.807, 2.05) is 41.8 Å². The molecule has 2 heterocycles. The average Bonchev–Trinajstić information content (AvgIpc) is 3.30. The number of anilines is 2. The van der Waals surface area contributed by atoms with Crippen molar-refractivity contribution >= 4 is 39.6 Å². The zero-order chi connectivity index (χ0) is 21.8. The lowest BCUT2D eigenvalue weighted by Gasteiger charge is -2.16. The van der Waals surface area contributed by atoms with Gasteiger partial charge in [0.15, 0.2) is 5.82 Å². The fraction of sp³-hybridized carbons (Fsp3) is 0.160. The summed E-state index contributed by atoms with van der Waals surface area (Å²) in [7, 11) is 0. The minimum absolute atomic E-state index is 0.280. The monoisotopic (exact) mass is 429 g/mol. The van der Waals surface area contributed by atoms with Gasteiger partial charge in [-0.1, -0.05) is 31.6 Å². The van der Waals surface area contributed by atoms with Crippen molar-refractivity contribution in [1.29, 1.82) is 0 Å². The molecule has 0 saturated heterocycles. The second kappa shape index (κ2) is 9.10. The van der Waals surface area contributed by atoms with Gasteiger partial charge in [-0.15, -0.1) is 6.58 Å². The van der Waals surface area contributed by atoms with Crippen molar-refractivity contribution in [2.75, 3.05) is 5.32 Å². The summed E-state index contributed by atoms with van der Waals surface area (Å²) in [6.45, 7) is 6.06. The Labute approximate surface area is 185 Å². The standard InChI is InChI=1S/C25H23N3O2S/c1-3-5-21-22(6-4-2)27-23(19-11-12-31-15-19)28-24(21)26-20-10-9-16-13-18(25(29)30)8-7-17(16)14-20/h3,7-15H,1,4-6H2,2H3,(H,29,30)(H,26,27,28). The molecule has 156 valence electrons. The summed E-state index contributed by atoms with van der Waals surface area (Å²) in [5, 5.41) is 18.6. The number of thiophene rings is 1. The number of carboxylic acids is 1. The number of hydrogen-bond donors (Lipinski definition) is 2. The van der Waals surface area contributed by atoms with Gasteiger partial charge in [0.05, 0.1) is 11.3 Å². The SMILES string of the molecule is C=CCc1c(CCC)nc(-c2ccsc2)nc1Nc1ccc2cc(C(=O)O)ccc2c1. The van der Waals surface area contributed by atoms with Crippen molar-refractivity contribution in [3.05, 3.63) is 82.7 Å². The minimum Gasteiger partial charge on any atom is -0.478 e. The molecule has 0 aliphatic rings. The maximum atomic E-state index is 11.2. The smallest absolute Gasteiger partial charge is 0.335 e. The molecule has 4 rings (SSSR count). The number of aromatic nitrogens is 2. The number of nitrogens with one attached hydrogen (secondary N) is 1. The van der Waals surface area contributed by atoms with Crippen LogP contribution in [0.3, 0.4) is 0 Å². The van der Waals surface area contributed by atoms with E-state index in [1.54, 1.807) is 23.5 Å². The van der Waals surface area contributed by atoms with E-state index in [-0.39, 0.29) is 5.56 Å². The van der Waals surface area contributed by atoms with E-state index in [0.29, 0.717) is 12.2 Å². The quantitative estimate of drug-likeness (QED) is 0.314. The Morgan fingerprint density at radius 1 is 1.16 bits per heavy atom. The molecule has 0 saturated carbocycles. The molecule has 2 aromatic carbocycles. The molecule has 0 aliphatic heterocycles. The Morgan fingerprint density at radius 3 is 2.68 bits per heavy atom. The van der Waals surface area contributed by atoms with E-state index < -0.39 is 5.97 Å². The number of allylic oxidation sites excluding steroid dienone is 1. The topological polar surface area (TPSA) is 75.1 Å². The predicted octanol–water partition coefficient (Wildman–Crippen LogP) is 6.48. The van der Waals surface area contributed by atoms with Crippen LogP contribution in [-0.2, 0) is 12.8 Å². The maximum Gasteiger partial charge on any atom is 0.335 e. The van der Waals surface area contributed by atoms with Gasteiger partial charge in [0.1, 0.15) is 5.82 Å². The molecular weight excluding hydrogens is 406 g/mol. The number of carbonyl (C=O) groups is 1. The Morgan fingerprint density at radius 2 is 1.97 bits per heavy atom. The molecule has 2 N–H and O–H groups in total. The lowest BCUT2D eigenvalue weighted by atomic mass is 10.0. The van der Waals surface area contributed by atoms with Crippen LogP contribution in [0.2, 0.25) is 0 Å². The molecule has 0 bridgehead atoms. The third kappa shape index (κ3) is 4.49. The van der Waals surface area contributed by atoms with Gasteiger partial charge in [0, 0.05) is 22.2 Å². The third-order valence-corrected chi connectivity index (χ3v) is 5.74. The van der Waals surface area contributed by atoms with Gasteiger partial charge >= 0.3 is 5.97 Å². The van der Waals surface area contributed by atoms with Crippen LogP contribution in [0.15, 0.2) is 65.9 Å². The summed E-state index contributed by atoms with van der Waals surface area (Å²) in [5.41, 5.74) is 4.26. The number of aromatic carboxylic acids is 1. The fourth-order valence-corrected chi connectivity index (χ4v) is 4.18. The summed E-state index contributed by atoms with van der Waals surface area (Å²) < 4.78 is 0. The van der Waals surface area contributed by atoms with Crippen molar-refractivity contribution in [1.82, 2.24) is 9.97 Å². The first kappa shape index (κ1) is 20.8. The second-order valence-electron chi connectivity index (χ2n) is 7.28.